The van der Waals surface area contributed by atoms with Crippen molar-refractivity contribution >= 4 is 34.4 Å². The summed E-state index contributed by atoms with van der Waals surface area (Å²) < 4.78 is 18.0. The summed E-state index contributed by atoms with van der Waals surface area (Å²) in [6.45, 7) is 0.137. The monoisotopic (exact) mass is 375 g/mol. The van der Waals surface area contributed by atoms with Gasteiger partial charge < -0.3 is 4.74 Å². The minimum Gasteiger partial charge on any atom is -0.461 e. The minimum atomic E-state index is -0.492. The highest BCUT2D eigenvalue weighted by molar-refractivity contribution is 7.20. The van der Waals surface area contributed by atoms with Gasteiger partial charge in [-0.3, -0.25) is 4.79 Å². The number of halogens is 1. The second kappa shape index (κ2) is 8.13. The van der Waals surface area contributed by atoms with Crippen LogP contribution >= 0.6 is 22.7 Å². The number of Topliss-reactive ketones (excluding diaryl/α,β-unsaturated/α-hetero) is 1. The van der Waals surface area contributed by atoms with Gasteiger partial charge in [0.05, 0.1) is 11.5 Å². The third kappa shape index (κ3) is 4.58. The zero-order valence-electron chi connectivity index (χ0n) is 13.1. The number of benzene rings is 1. The zero-order chi connectivity index (χ0) is 17.6. The van der Waals surface area contributed by atoms with Gasteiger partial charge in [0.1, 0.15) is 10.8 Å². The van der Waals surface area contributed by atoms with Crippen molar-refractivity contribution in [2.75, 3.05) is 6.61 Å². The average molecular weight is 375 g/mol. The van der Waals surface area contributed by atoms with Gasteiger partial charge >= 0.3 is 5.97 Å². The van der Waals surface area contributed by atoms with E-state index in [4.69, 9.17) is 4.74 Å². The van der Waals surface area contributed by atoms with Crippen LogP contribution in [0.25, 0.3) is 9.88 Å². The molecular formula is C18H14FNO3S2. The maximum absolute atomic E-state index is 12.8. The molecule has 0 aliphatic heterocycles. The smallest absolute Gasteiger partial charge is 0.357 e. The van der Waals surface area contributed by atoms with E-state index in [1.807, 2.05) is 17.5 Å². The summed E-state index contributed by atoms with van der Waals surface area (Å²) in [4.78, 5) is 29.2. The van der Waals surface area contributed by atoms with Crippen LogP contribution in [0.3, 0.4) is 0 Å². The molecule has 2 heterocycles. The third-order valence-electron chi connectivity index (χ3n) is 3.39. The highest BCUT2D eigenvalue weighted by Gasteiger charge is 2.14. The van der Waals surface area contributed by atoms with Gasteiger partial charge in [-0.05, 0) is 42.1 Å². The Labute approximate surface area is 151 Å². The molecule has 1 aromatic carbocycles. The van der Waals surface area contributed by atoms with Gasteiger partial charge in [0, 0.05) is 17.4 Å². The first-order chi connectivity index (χ1) is 12.1. The van der Waals surface area contributed by atoms with E-state index >= 15 is 0 Å². The van der Waals surface area contributed by atoms with Gasteiger partial charge in [-0.1, -0.05) is 6.07 Å². The fraction of sp³-hybridized carbons (Fsp3) is 0.167. The second-order valence-corrected chi connectivity index (χ2v) is 6.99. The van der Waals surface area contributed by atoms with E-state index in [1.54, 1.807) is 16.7 Å². The topological polar surface area (TPSA) is 56.3 Å². The second-order valence-electron chi connectivity index (χ2n) is 5.18. The van der Waals surface area contributed by atoms with Gasteiger partial charge in [0.15, 0.2) is 11.5 Å². The van der Waals surface area contributed by atoms with Crippen LogP contribution in [0.4, 0.5) is 4.39 Å². The SMILES string of the molecule is O=C(CCCOC(=O)c1csc(-c2cccs2)n1)c1ccc(F)cc1. The number of carbonyl (C=O) groups excluding carboxylic acids is 2. The van der Waals surface area contributed by atoms with Crippen molar-refractivity contribution in [3.05, 3.63) is 64.2 Å². The molecule has 0 saturated carbocycles. The standard InChI is InChI=1S/C18H14FNO3S2/c19-13-7-5-12(6-8-13)15(21)3-1-9-23-18(22)14-11-25-17(20-14)16-4-2-10-24-16/h2,4-8,10-11H,1,3,9H2. The first-order valence-corrected chi connectivity index (χ1v) is 9.35. The van der Waals surface area contributed by atoms with Crippen molar-refractivity contribution in [1.82, 2.24) is 4.98 Å². The molecule has 0 saturated heterocycles. The summed E-state index contributed by atoms with van der Waals surface area (Å²) in [5, 5.41) is 4.40. The number of hydrogen-bond donors (Lipinski definition) is 0. The first-order valence-electron chi connectivity index (χ1n) is 7.59. The molecule has 0 N–H and O–H groups in total. The molecule has 0 fully saturated rings. The number of rotatable bonds is 7. The van der Waals surface area contributed by atoms with Crippen LogP contribution in [0.15, 0.2) is 47.2 Å². The van der Waals surface area contributed by atoms with E-state index in [-0.39, 0.29) is 30.3 Å². The predicted molar refractivity (Wildman–Crippen MR) is 95.7 cm³/mol. The Kier molecular flexibility index (Phi) is 5.67. The zero-order valence-corrected chi connectivity index (χ0v) is 14.7. The molecule has 0 atom stereocenters. The van der Waals surface area contributed by atoms with Crippen molar-refractivity contribution < 1.29 is 18.7 Å². The predicted octanol–water partition coefficient (Wildman–Crippen LogP) is 4.83. The fourth-order valence-corrected chi connectivity index (χ4v) is 3.74. The number of carbonyl (C=O) groups is 2. The van der Waals surface area contributed by atoms with E-state index in [0.717, 1.165) is 9.88 Å². The third-order valence-corrected chi connectivity index (χ3v) is 5.27. The Morgan fingerprint density at radius 1 is 1.12 bits per heavy atom. The number of ether oxygens (including phenoxy) is 1. The molecule has 0 radical (unpaired) electrons. The molecule has 0 amide bonds. The molecule has 4 nitrogen and oxygen atoms in total. The van der Waals surface area contributed by atoms with Crippen molar-refractivity contribution in [3.63, 3.8) is 0 Å². The largest absolute Gasteiger partial charge is 0.461 e. The molecule has 25 heavy (non-hydrogen) atoms. The van der Waals surface area contributed by atoms with Gasteiger partial charge in [-0.15, -0.1) is 22.7 Å². The van der Waals surface area contributed by atoms with Crippen LogP contribution < -0.4 is 0 Å². The summed E-state index contributed by atoms with van der Waals surface area (Å²) in [5.74, 6) is -0.978. The van der Waals surface area contributed by atoms with E-state index in [0.29, 0.717) is 12.0 Å². The number of thiazole rings is 1. The maximum atomic E-state index is 12.8. The van der Waals surface area contributed by atoms with Crippen LogP contribution in [0, 0.1) is 5.82 Å². The van der Waals surface area contributed by atoms with Crippen LogP contribution in [-0.2, 0) is 4.74 Å². The summed E-state index contributed by atoms with van der Waals surface area (Å²) >= 11 is 2.95. The molecule has 2 aromatic heterocycles. The number of aromatic nitrogens is 1. The van der Waals surface area contributed by atoms with Crippen molar-refractivity contribution in [2.45, 2.75) is 12.8 Å². The van der Waals surface area contributed by atoms with Crippen LogP contribution in [0.5, 0.6) is 0 Å². The molecule has 0 spiro atoms. The fourth-order valence-electron chi connectivity index (χ4n) is 2.13. The molecule has 0 bridgehead atoms. The van der Waals surface area contributed by atoms with Gasteiger partial charge in [0.25, 0.3) is 0 Å². The number of hydrogen-bond acceptors (Lipinski definition) is 6. The quantitative estimate of drug-likeness (QED) is 0.337. The highest BCUT2D eigenvalue weighted by Crippen LogP contribution is 2.27. The van der Waals surface area contributed by atoms with Crippen molar-refractivity contribution in [3.8, 4) is 9.88 Å². The Bertz CT molecular complexity index is 857. The first kappa shape index (κ1) is 17.4. The lowest BCUT2D eigenvalue weighted by molar-refractivity contribution is 0.0488. The summed E-state index contributed by atoms with van der Waals surface area (Å²) in [6.07, 6.45) is 0.639. The number of thiophene rings is 1. The lowest BCUT2D eigenvalue weighted by atomic mass is 10.1. The average Bonchev–Trinajstić information content (AvgIpc) is 3.29. The number of ketones is 1. The van der Waals surface area contributed by atoms with Crippen LogP contribution in [0.1, 0.15) is 33.7 Å². The van der Waals surface area contributed by atoms with Gasteiger partial charge in [-0.25, -0.2) is 14.2 Å². The molecule has 3 rings (SSSR count). The summed E-state index contributed by atoms with van der Waals surface area (Å²) in [5.41, 5.74) is 0.728. The van der Waals surface area contributed by atoms with E-state index in [9.17, 15) is 14.0 Å². The van der Waals surface area contributed by atoms with Gasteiger partial charge in [-0.2, -0.15) is 0 Å². The van der Waals surface area contributed by atoms with E-state index in [2.05, 4.69) is 4.98 Å². The molecular weight excluding hydrogens is 361 g/mol. The van der Waals surface area contributed by atoms with Crippen molar-refractivity contribution in [2.24, 2.45) is 0 Å². The Hall–Kier alpha value is -2.38. The lowest BCUT2D eigenvalue weighted by Gasteiger charge is -2.03. The van der Waals surface area contributed by atoms with E-state index < -0.39 is 5.97 Å². The normalized spacial score (nSPS) is 10.6. The lowest BCUT2D eigenvalue weighted by Crippen LogP contribution is -2.08. The number of esters is 1. The van der Waals surface area contributed by atoms with Crippen LogP contribution in [0.2, 0.25) is 0 Å². The molecule has 0 aliphatic carbocycles. The minimum absolute atomic E-state index is 0.107. The molecule has 7 heteroatoms. The molecule has 0 unspecified atom stereocenters. The Balaban J connectivity index is 1.45. The Morgan fingerprint density at radius 3 is 2.64 bits per heavy atom. The number of nitrogens with zero attached hydrogens (tertiary/aromatic N) is 1. The maximum Gasteiger partial charge on any atom is 0.357 e. The summed E-state index contributed by atoms with van der Waals surface area (Å²) in [7, 11) is 0. The highest BCUT2D eigenvalue weighted by atomic mass is 32.1. The Morgan fingerprint density at radius 2 is 1.92 bits per heavy atom. The molecule has 0 aliphatic rings. The van der Waals surface area contributed by atoms with Gasteiger partial charge in [0.2, 0.25) is 0 Å². The summed E-state index contributed by atoms with van der Waals surface area (Å²) in [6, 6.07) is 9.27. The molecule has 128 valence electrons. The van der Waals surface area contributed by atoms with Crippen LogP contribution in [-0.4, -0.2) is 23.3 Å². The van der Waals surface area contributed by atoms with E-state index in [1.165, 1.54) is 35.6 Å². The molecule has 3 aromatic rings. The van der Waals surface area contributed by atoms with Crippen molar-refractivity contribution in [1.29, 1.82) is 0 Å².